The number of hydrogen-bond donors (Lipinski definition) is 2. The highest BCUT2D eigenvalue weighted by molar-refractivity contribution is 7.81. The predicted molar refractivity (Wildman–Crippen MR) is 151 cm³/mol. The van der Waals surface area contributed by atoms with E-state index in [9.17, 15) is 8.60 Å². The van der Waals surface area contributed by atoms with Crippen LogP contribution in [0.2, 0.25) is 10.0 Å². The highest BCUT2D eigenvalue weighted by Gasteiger charge is 2.40. The van der Waals surface area contributed by atoms with Crippen LogP contribution in [-0.2, 0) is 11.0 Å². The number of rotatable bonds is 9. The molecular weight excluding hydrogens is 550 g/mol. The summed E-state index contributed by atoms with van der Waals surface area (Å²) >= 11 is 12.4. The molecule has 8 nitrogen and oxygen atoms in total. The smallest absolute Gasteiger partial charge is 0.167 e. The number of nitrogens with one attached hydrogen (secondary N) is 1. The lowest BCUT2D eigenvalue weighted by Gasteiger charge is -2.49. The van der Waals surface area contributed by atoms with Crippen LogP contribution in [0.5, 0.6) is 5.75 Å². The van der Waals surface area contributed by atoms with Crippen molar-refractivity contribution < 1.29 is 13.3 Å². The largest absolute Gasteiger partial charge is 0.483 e. The second-order valence-electron chi connectivity index (χ2n) is 9.80. The fourth-order valence-electron chi connectivity index (χ4n) is 4.58. The van der Waals surface area contributed by atoms with Crippen molar-refractivity contribution in [3.63, 3.8) is 0 Å². The Morgan fingerprint density at radius 3 is 2.53 bits per heavy atom. The first-order chi connectivity index (χ1) is 17.9. The maximum Gasteiger partial charge on any atom is 0.167 e. The molecule has 0 aliphatic carbocycles. The molecule has 202 valence electrons. The van der Waals surface area contributed by atoms with Gasteiger partial charge in [0.05, 0.1) is 26.7 Å². The molecule has 1 aromatic carbocycles. The molecule has 0 bridgehead atoms. The van der Waals surface area contributed by atoms with Crippen LogP contribution in [-0.4, -0.2) is 57.1 Å². The van der Waals surface area contributed by atoms with Crippen LogP contribution in [0.4, 0.5) is 15.9 Å². The normalized spacial score (nSPS) is 16.2. The van der Waals surface area contributed by atoms with Gasteiger partial charge in [-0.3, -0.25) is 10.4 Å². The minimum absolute atomic E-state index is 0.0221. The second-order valence-corrected chi connectivity index (χ2v) is 12.1. The molecule has 2 atom stereocenters. The summed E-state index contributed by atoms with van der Waals surface area (Å²) in [6, 6.07) is 6.16. The van der Waals surface area contributed by atoms with Crippen molar-refractivity contribution in [3.05, 3.63) is 75.4 Å². The zero-order valence-electron chi connectivity index (χ0n) is 21.5. The van der Waals surface area contributed by atoms with Gasteiger partial charge in [-0.05, 0) is 32.2 Å². The van der Waals surface area contributed by atoms with E-state index in [2.05, 4.69) is 21.8 Å². The number of nitrogen functional groups attached to an aromatic ring is 1. The number of halogens is 3. The molecule has 0 spiro atoms. The van der Waals surface area contributed by atoms with Crippen LogP contribution in [0.15, 0.2) is 42.9 Å². The van der Waals surface area contributed by atoms with E-state index >= 15 is 0 Å². The maximum absolute atomic E-state index is 14.8. The highest BCUT2D eigenvalue weighted by atomic mass is 35.5. The number of aromatic nitrogens is 2. The summed E-state index contributed by atoms with van der Waals surface area (Å²) in [7, 11) is 0.842. The van der Waals surface area contributed by atoms with Gasteiger partial charge in [0.1, 0.15) is 11.9 Å². The van der Waals surface area contributed by atoms with Gasteiger partial charge in [0, 0.05) is 78.3 Å². The molecule has 0 saturated carbocycles. The Kier molecular flexibility index (Phi) is 8.27. The maximum atomic E-state index is 14.8. The quantitative estimate of drug-likeness (QED) is 0.270. The van der Waals surface area contributed by atoms with Gasteiger partial charge < -0.3 is 15.4 Å². The molecule has 3 heterocycles. The van der Waals surface area contributed by atoms with Crippen LogP contribution in [0, 0.1) is 16.6 Å². The van der Waals surface area contributed by atoms with Gasteiger partial charge in [0.25, 0.3) is 0 Å². The molecule has 3 N–H and O–H groups in total. The lowest BCUT2D eigenvalue weighted by molar-refractivity contribution is 0.201. The number of benzene rings is 1. The Hall–Kier alpha value is -2.79. The van der Waals surface area contributed by atoms with Crippen molar-refractivity contribution in [2.75, 3.05) is 43.6 Å². The van der Waals surface area contributed by atoms with E-state index in [1.54, 1.807) is 25.4 Å². The molecule has 3 aromatic rings. The van der Waals surface area contributed by atoms with Gasteiger partial charge in [-0.15, -0.1) is 0 Å². The number of ether oxygens (including phenoxy) is 1. The van der Waals surface area contributed by atoms with Gasteiger partial charge in [0.15, 0.2) is 11.6 Å². The number of anilines is 2. The third-order valence-electron chi connectivity index (χ3n) is 6.52. The Labute approximate surface area is 234 Å². The lowest BCUT2D eigenvalue weighted by atomic mass is 9.82. The van der Waals surface area contributed by atoms with Gasteiger partial charge in [-0.2, -0.15) is 0 Å². The van der Waals surface area contributed by atoms with Gasteiger partial charge >= 0.3 is 0 Å². The summed E-state index contributed by atoms with van der Waals surface area (Å²) in [6.45, 7) is 6.14. The van der Waals surface area contributed by atoms with Crippen LogP contribution in [0.1, 0.15) is 36.6 Å². The number of nitrogens with zero attached hydrogens (tertiary/aromatic N) is 4. The number of nitrogens with two attached hydrogens (primary N) is 1. The van der Waals surface area contributed by atoms with Crippen molar-refractivity contribution in [2.45, 2.75) is 20.0 Å². The molecule has 0 radical (unpaired) electrons. The van der Waals surface area contributed by atoms with Gasteiger partial charge in [0.2, 0.25) is 0 Å². The number of hydrogen-bond acceptors (Lipinski definition) is 7. The summed E-state index contributed by atoms with van der Waals surface area (Å²) in [5.41, 5.74) is 7.60. The summed E-state index contributed by atoms with van der Waals surface area (Å²) in [5.74, 6) is 0.0345. The average molecular weight is 580 g/mol. The molecule has 12 heteroatoms. The van der Waals surface area contributed by atoms with E-state index in [1.165, 1.54) is 18.5 Å². The van der Waals surface area contributed by atoms with Crippen LogP contribution in [0.3, 0.4) is 0 Å². The standard InChI is InChI=1S/C26H29Cl2FN6O2S/c1-15(24-18(27)10-32-11-19(24)28)37-22-7-17(21(30)8-20(22)29)25(31)16-5-6-23(33-9-16)35-13-26(2,14-35)12-34(3)38(4)36/h5-11,15,31H,12-14,30H2,1-4H3/t15-,38?/m1/s1. The molecule has 1 aliphatic heterocycles. The molecule has 38 heavy (non-hydrogen) atoms. The van der Waals surface area contributed by atoms with Crippen LogP contribution in [0.25, 0.3) is 0 Å². The second kappa shape index (κ2) is 11.1. The molecular formula is C26H29Cl2FN6O2S. The Bertz CT molecular complexity index is 1360. The molecule has 4 rings (SSSR count). The third kappa shape index (κ3) is 5.93. The van der Waals surface area contributed by atoms with Gasteiger partial charge in [-0.25, -0.2) is 17.9 Å². The molecule has 1 saturated heterocycles. The van der Waals surface area contributed by atoms with Crippen molar-refractivity contribution in [2.24, 2.45) is 5.41 Å². The van der Waals surface area contributed by atoms with E-state index in [0.29, 0.717) is 26.7 Å². The zero-order valence-corrected chi connectivity index (χ0v) is 23.8. The SMILES string of the molecule is C[C@@H](Oc1cc(C(=N)c2ccc(N3CC(C)(CN(C)S(C)=O)C3)nc2)c(N)cc1F)c1c(Cl)cncc1Cl. The summed E-state index contributed by atoms with van der Waals surface area (Å²) < 4.78 is 34.1. The minimum atomic E-state index is -1.01. The molecule has 1 unspecified atom stereocenters. The van der Waals surface area contributed by atoms with E-state index in [0.717, 1.165) is 31.5 Å². The first-order valence-electron chi connectivity index (χ1n) is 11.8. The van der Waals surface area contributed by atoms with Crippen LogP contribution < -0.4 is 15.4 Å². The molecule has 2 aromatic heterocycles. The molecule has 0 amide bonds. The summed E-state index contributed by atoms with van der Waals surface area (Å²) in [6.07, 6.45) is 5.46. The first kappa shape index (κ1) is 28.2. The Morgan fingerprint density at radius 2 is 1.95 bits per heavy atom. The van der Waals surface area contributed by atoms with E-state index < -0.39 is 22.9 Å². The monoisotopic (exact) mass is 578 g/mol. The number of pyridine rings is 2. The van der Waals surface area contributed by atoms with Crippen molar-refractivity contribution >= 4 is 51.4 Å². The van der Waals surface area contributed by atoms with E-state index in [-0.39, 0.29) is 22.6 Å². The fraction of sp³-hybridized carbons (Fsp3) is 0.346. The van der Waals surface area contributed by atoms with Crippen LogP contribution >= 0.6 is 23.2 Å². The van der Waals surface area contributed by atoms with Gasteiger partial charge in [-0.1, -0.05) is 30.1 Å². The topological polar surface area (TPSA) is 108 Å². The fourth-order valence-corrected chi connectivity index (χ4v) is 5.74. The zero-order chi connectivity index (χ0) is 27.8. The third-order valence-corrected chi connectivity index (χ3v) is 8.13. The van der Waals surface area contributed by atoms with E-state index in [1.807, 2.05) is 17.4 Å². The van der Waals surface area contributed by atoms with Crippen molar-refractivity contribution in [1.82, 2.24) is 14.3 Å². The van der Waals surface area contributed by atoms with E-state index in [4.69, 9.17) is 39.1 Å². The molecule has 1 aliphatic rings. The van der Waals surface area contributed by atoms with Crippen molar-refractivity contribution in [3.8, 4) is 5.75 Å². The highest BCUT2D eigenvalue weighted by Crippen LogP contribution is 2.36. The Morgan fingerprint density at radius 1 is 1.29 bits per heavy atom. The summed E-state index contributed by atoms with van der Waals surface area (Å²) in [4.78, 5) is 10.6. The van der Waals surface area contributed by atoms with Crippen molar-refractivity contribution in [1.29, 1.82) is 5.41 Å². The molecule has 1 fully saturated rings. The lowest BCUT2D eigenvalue weighted by Crippen LogP contribution is -2.59. The Balaban J connectivity index is 1.49. The summed E-state index contributed by atoms with van der Waals surface area (Å²) in [5, 5.41) is 9.32. The first-order valence-corrected chi connectivity index (χ1v) is 14.0. The minimum Gasteiger partial charge on any atom is -0.483 e. The predicted octanol–water partition coefficient (Wildman–Crippen LogP) is 5.11. The average Bonchev–Trinajstić information content (AvgIpc) is 2.83.